The minimum Gasteiger partial charge on any atom is -0.464 e. The minimum absolute atomic E-state index is 0.0201. The number of likely N-dealkylation sites (tertiary alicyclic amines) is 1. The third-order valence-corrected chi connectivity index (χ3v) is 7.75. The number of hydrogen-bond donors (Lipinski definition) is 2. The first kappa shape index (κ1) is 22.0. The van der Waals surface area contributed by atoms with Crippen molar-refractivity contribution in [3.8, 4) is 0 Å². The molecular formula is C28H35N3O2. The second kappa shape index (κ2) is 10.0. The van der Waals surface area contributed by atoms with Gasteiger partial charge in [-0.05, 0) is 107 Å². The van der Waals surface area contributed by atoms with Crippen LogP contribution >= 0.6 is 0 Å². The first-order valence-corrected chi connectivity index (χ1v) is 12.5. The standard InChI is InChI=1S/C28H35N3O2/c29-23-9-7-22(8-10-23)28(32)30-24-11-5-20(6-12-24)13-16-31-17-14-21(15-18-31)26-19-33-27-4-2-1-3-25(26)27/h1-4,7-10,19-21,24H,5-6,11-18,29H2,(H,30,32). The summed E-state index contributed by atoms with van der Waals surface area (Å²) in [4.78, 5) is 15.1. The molecule has 0 spiro atoms. The van der Waals surface area contributed by atoms with Crippen LogP contribution < -0.4 is 11.1 Å². The zero-order chi connectivity index (χ0) is 22.6. The van der Waals surface area contributed by atoms with E-state index in [0.29, 0.717) is 23.2 Å². The van der Waals surface area contributed by atoms with Gasteiger partial charge in [-0.15, -0.1) is 0 Å². The Labute approximate surface area is 196 Å². The van der Waals surface area contributed by atoms with Gasteiger partial charge in [0.05, 0.1) is 6.26 Å². The van der Waals surface area contributed by atoms with Crippen LogP contribution in [0.25, 0.3) is 11.0 Å². The van der Waals surface area contributed by atoms with E-state index >= 15 is 0 Å². The van der Waals surface area contributed by atoms with Crippen molar-refractivity contribution in [1.82, 2.24) is 10.2 Å². The Balaban J connectivity index is 1.02. The smallest absolute Gasteiger partial charge is 0.251 e. The lowest BCUT2D eigenvalue weighted by Crippen LogP contribution is -2.38. The fourth-order valence-corrected chi connectivity index (χ4v) is 5.65. The van der Waals surface area contributed by atoms with Crippen molar-refractivity contribution in [3.63, 3.8) is 0 Å². The SMILES string of the molecule is Nc1ccc(C(=O)NC2CCC(CCN3CCC(c4coc5ccccc45)CC3)CC2)cc1. The molecule has 0 atom stereocenters. The number of carbonyl (C=O) groups is 1. The molecule has 0 bridgehead atoms. The third-order valence-electron chi connectivity index (χ3n) is 7.75. The Morgan fingerprint density at radius 2 is 1.70 bits per heavy atom. The zero-order valence-corrected chi connectivity index (χ0v) is 19.3. The molecule has 0 radical (unpaired) electrons. The summed E-state index contributed by atoms with van der Waals surface area (Å²) >= 11 is 0. The van der Waals surface area contributed by atoms with Crippen molar-refractivity contribution in [2.75, 3.05) is 25.4 Å². The first-order valence-electron chi connectivity index (χ1n) is 12.5. The van der Waals surface area contributed by atoms with Crippen LogP contribution in [0.5, 0.6) is 0 Å². The molecule has 2 aromatic carbocycles. The highest BCUT2D eigenvalue weighted by Crippen LogP contribution is 2.35. The fourth-order valence-electron chi connectivity index (χ4n) is 5.65. The lowest BCUT2D eigenvalue weighted by atomic mass is 9.83. The molecule has 0 unspecified atom stereocenters. The second-order valence-electron chi connectivity index (χ2n) is 9.90. The van der Waals surface area contributed by atoms with Crippen molar-refractivity contribution in [3.05, 3.63) is 65.9 Å². The number of amides is 1. The lowest BCUT2D eigenvalue weighted by Gasteiger charge is -2.34. The van der Waals surface area contributed by atoms with Gasteiger partial charge in [0, 0.05) is 28.2 Å². The molecule has 3 N–H and O–H groups in total. The van der Waals surface area contributed by atoms with Gasteiger partial charge in [-0.25, -0.2) is 0 Å². The number of benzene rings is 2. The molecule has 5 heteroatoms. The Bertz CT molecular complexity index is 1060. The van der Waals surface area contributed by atoms with E-state index in [2.05, 4.69) is 28.4 Å². The average Bonchev–Trinajstić information content (AvgIpc) is 3.28. The number of hydrogen-bond acceptors (Lipinski definition) is 4. The summed E-state index contributed by atoms with van der Waals surface area (Å²) < 4.78 is 5.77. The number of para-hydroxylation sites is 1. The van der Waals surface area contributed by atoms with E-state index in [4.69, 9.17) is 10.2 Å². The summed E-state index contributed by atoms with van der Waals surface area (Å²) in [6.07, 6.45) is 10.3. The maximum atomic E-state index is 12.5. The number of nitrogens with one attached hydrogen (secondary N) is 1. The van der Waals surface area contributed by atoms with Crippen LogP contribution in [-0.2, 0) is 0 Å². The minimum atomic E-state index is 0.0201. The van der Waals surface area contributed by atoms with Gasteiger partial charge in [-0.2, -0.15) is 0 Å². The van der Waals surface area contributed by atoms with E-state index in [1.165, 1.54) is 62.7 Å². The number of anilines is 1. The Morgan fingerprint density at radius 1 is 0.970 bits per heavy atom. The van der Waals surface area contributed by atoms with Gasteiger partial charge in [0.25, 0.3) is 5.91 Å². The third kappa shape index (κ3) is 5.25. The Morgan fingerprint density at radius 3 is 2.45 bits per heavy atom. The Kier molecular flexibility index (Phi) is 6.68. The van der Waals surface area contributed by atoms with E-state index in [9.17, 15) is 4.79 Å². The predicted octanol–water partition coefficient (Wildman–Crippen LogP) is 5.57. The molecule has 174 valence electrons. The molecule has 1 saturated carbocycles. The van der Waals surface area contributed by atoms with Gasteiger partial charge in [-0.1, -0.05) is 18.2 Å². The maximum Gasteiger partial charge on any atom is 0.251 e. The molecule has 1 aromatic heterocycles. The summed E-state index contributed by atoms with van der Waals surface area (Å²) in [5, 5.41) is 4.50. The molecule has 5 rings (SSSR count). The number of furan rings is 1. The monoisotopic (exact) mass is 445 g/mol. The number of rotatable bonds is 6. The zero-order valence-electron chi connectivity index (χ0n) is 19.3. The van der Waals surface area contributed by atoms with Crippen LogP contribution in [0.15, 0.2) is 59.2 Å². The molecule has 1 saturated heterocycles. The van der Waals surface area contributed by atoms with Gasteiger partial charge in [-0.3, -0.25) is 4.79 Å². The molecule has 1 aliphatic carbocycles. The summed E-state index contributed by atoms with van der Waals surface area (Å²) in [5.41, 5.74) is 9.50. The van der Waals surface area contributed by atoms with Gasteiger partial charge in [0.1, 0.15) is 5.58 Å². The average molecular weight is 446 g/mol. The van der Waals surface area contributed by atoms with Crippen LogP contribution in [-0.4, -0.2) is 36.5 Å². The molecule has 2 aliphatic rings. The quantitative estimate of drug-likeness (QED) is 0.486. The molecule has 5 nitrogen and oxygen atoms in total. The number of nitrogen functional groups attached to an aromatic ring is 1. The van der Waals surface area contributed by atoms with Crippen molar-refractivity contribution in [2.45, 2.75) is 56.9 Å². The molecule has 33 heavy (non-hydrogen) atoms. The lowest BCUT2D eigenvalue weighted by molar-refractivity contribution is 0.0919. The van der Waals surface area contributed by atoms with Gasteiger partial charge in [0.2, 0.25) is 0 Å². The van der Waals surface area contributed by atoms with E-state index in [1.807, 2.05) is 12.3 Å². The van der Waals surface area contributed by atoms with Crippen LogP contribution in [0.1, 0.15) is 66.8 Å². The van der Waals surface area contributed by atoms with Crippen molar-refractivity contribution < 1.29 is 9.21 Å². The number of nitrogens with two attached hydrogens (primary N) is 1. The van der Waals surface area contributed by atoms with E-state index in [0.717, 1.165) is 24.3 Å². The number of piperidine rings is 1. The molecule has 1 aliphatic heterocycles. The van der Waals surface area contributed by atoms with Crippen LogP contribution in [0.4, 0.5) is 5.69 Å². The van der Waals surface area contributed by atoms with Crippen LogP contribution in [0.2, 0.25) is 0 Å². The summed E-state index contributed by atoms with van der Waals surface area (Å²) in [7, 11) is 0. The number of fused-ring (bicyclic) bond motifs is 1. The van der Waals surface area contributed by atoms with Crippen molar-refractivity contribution in [2.24, 2.45) is 5.92 Å². The number of nitrogens with zero attached hydrogens (tertiary/aromatic N) is 1. The predicted molar refractivity (Wildman–Crippen MR) is 133 cm³/mol. The summed E-state index contributed by atoms with van der Waals surface area (Å²) in [5.74, 6) is 1.42. The molecule has 3 aromatic rings. The van der Waals surface area contributed by atoms with E-state index in [1.54, 1.807) is 24.3 Å². The maximum absolute atomic E-state index is 12.5. The molecular weight excluding hydrogens is 410 g/mol. The molecule has 1 amide bonds. The Hall–Kier alpha value is -2.79. The van der Waals surface area contributed by atoms with Gasteiger partial charge >= 0.3 is 0 Å². The first-order chi connectivity index (χ1) is 16.2. The highest BCUT2D eigenvalue weighted by molar-refractivity contribution is 5.94. The fraction of sp³-hybridized carbons (Fsp3) is 0.464. The molecule has 2 heterocycles. The summed E-state index contributed by atoms with van der Waals surface area (Å²) in [6.45, 7) is 3.56. The topological polar surface area (TPSA) is 71.5 Å². The largest absolute Gasteiger partial charge is 0.464 e. The normalized spacial score (nSPS) is 22.4. The number of carbonyl (C=O) groups excluding carboxylic acids is 1. The highest BCUT2D eigenvalue weighted by Gasteiger charge is 2.26. The van der Waals surface area contributed by atoms with Gasteiger partial charge < -0.3 is 20.4 Å². The van der Waals surface area contributed by atoms with Crippen LogP contribution in [0, 0.1) is 5.92 Å². The van der Waals surface area contributed by atoms with Gasteiger partial charge in [0.15, 0.2) is 0 Å². The van der Waals surface area contributed by atoms with E-state index < -0.39 is 0 Å². The van der Waals surface area contributed by atoms with Crippen molar-refractivity contribution >= 4 is 22.6 Å². The highest BCUT2D eigenvalue weighted by atomic mass is 16.3. The van der Waals surface area contributed by atoms with E-state index in [-0.39, 0.29) is 5.91 Å². The molecule has 2 fully saturated rings. The summed E-state index contributed by atoms with van der Waals surface area (Å²) in [6, 6.07) is 15.9. The van der Waals surface area contributed by atoms with Crippen LogP contribution in [0.3, 0.4) is 0 Å². The second-order valence-corrected chi connectivity index (χ2v) is 9.90. The van der Waals surface area contributed by atoms with Crippen molar-refractivity contribution in [1.29, 1.82) is 0 Å².